The van der Waals surface area contributed by atoms with Crippen LogP contribution in [-0.4, -0.2) is 42.0 Å². The van der Waals surface area contributed by atoms with Gasteiger partial charge in [-0.15, -0.1) is 0 Å². The summed E-state index contributed by atoms with van der Waals surface area (Å²) >= 11 is 11.6. The van der Waals surface area contributed by atoms with Gasteiger partial charge in [0.05, 0.1) is 10.6 Å². The molecule has 18 heavy (non-hydrogen) atoms. The molecule has 1 heterocycles. The van der Waals surface area contributed by atoms with E-state index in [4.69, 9.17) is 23.2 Å². The van der Waals surface area contributed by atoms with Crippen molar-refractivity contribution in [3.63, 3.8) is 0 Å². The first kappa shape index (κ1) is 15.2. The van der Waals surface area contributed by atoms with E-state index in [1.807, 2.05) is 7.05 Å². The van der Waals surface area contributed by atoms with Gasteiger partial charge in [-0.25, -0.2) is 4.98 Å². The average Bonchev–Trinajstić information content (AvgIpc) is 2.31. The third-order valence-corrected chi connectivity index (χ3v) is 3.21. The molecule has 0 atom stereocenters. The van der Waals surface area contributed by atoms with Crippen LogP contribution in [0, 0.1) is 0 Å². The van der Waals surface area contributed by atoms with E-state index in [2.05, 4.69) is 29.0 Å². The van der Waals surface area contributed by atoms with Gasteiger partial charge in [0.25, 0.3) is 5.91 Å². The summed E-state index contributed by atoms with van der Waals surface area (Å²) in [7, 11) is 2.01. The van der Waals surface area contributed by atoms with Crippen LogP contribution in [0.5, 0.6) is 0 Å². The van der Waals surface area contributed by atoms with Crippen LogP contribution in [0.1, 0.15) is 24.2 Å². The Hall–Kier alpha value is -0.840. The number of hydrogen-bond donors (Lipinski definition) is 1. The predicted octanol–water partition coefficient (Wildman–Crippen LogP) is 2.46. The molecule has 0 radical (unpaired) electrons. The highest BCUT2D eigenvalue weighted by molar-refractivity contribution is 6.35. The van der Waals surface area contributed by atoms with Gasteiger partial charge in [0.2, 0.25) is 0 Å². The summed E-state index contributed by atoms with van der Waals surface area (Å²) in [6.07, 6.45) is 1.37. The molecule has 0 spiro atoms. The molecule has 1 aromatic rings. The van der Waals surface area contributed by atoms with Crippen molar-refractivity contribution in [1.29, 1.82) is 0 Å². The third-order valence-electron chi connectivity index (χ3n) is 2.70. The van der Waals surface area contributed by atoms with Crippen LogP contribution in [-0.2, 0) is 0 Å². The Morgan fingerprint density at radius 1 is 1.50 bits per heavy atom. The highest BCUT2D eigenvalue weighted by Gasteiger charge is 2.11. The van der Waals surface area contributed by atoms with E-state index in [-0.39, 0.29) is 11.1 Å². The lowest BCUT2D eigenvalue weighted by atomic mass is 10.2. The molecule has 1 aromatic heterocycles. The molecule has 0 saturated heterocycles. The molecule has 0 aliphatic heterocycles. The number of carbonyl (C=O) groups excluding carboxylic acids is 1. The van der Waals surface area contributed by atoms with E-state index in [9.17, 15) is 4.79 Å². The first-order valence-corrected chi connectivity index (χ1v) is 6.47. The zero-order chi connectivity index (χ0) is 13.7. The molecule has 0 aliphatic rings. The standard InChI is InChI=1S/C12H17Cl2N3O/c1-8(2)17(3)5-4-15-12(18)9-6-11(14)16-7-10(9)13/h6-8H,4-5H2,1-3H3,(H,15,18). The van der Waals surface area contributed by atoms with Gasteiger partial charge in [0.15, 0.2) is 0 Å². The SMILES string of the molecule is CC(C)N(C)CCNC(=O)c1cc(Cl)ncc1Cl. The minimum Gasteiger partial charge on any atom is -0.351 e. The van der Waals surface area contributed by atoms with Crippen molar-refractivity contribution < 1.29 is 4.79 Å². The Kier molecular flexibility index (Phi) is 5.85. The largest absolute Gasteiger partial charge is 0.351 e. The molecule has 0 fully saturated rings. The second-order valence-electron chi connectivity index (χ2n) is 4.32. The van der Waals surface area contributed by atoms with Gasteiger partial charge < -0.3 is 10.2 Å². The van der Waals surface area contributed by atoms with E-state index < -0.39 is 0 Å². The fraction of sp³-hybridized carbons (Fsp3) is 0.500. The van der Waals surface area contributed by atoms with Crippen LogP contribution >= 0.6 is 23.2 Å². The Balaban J connectivity index is 2.53. The molecular formula is C12H17Cl2N3O. The smallest absolute Gasteiger partial charge is 0.253 e. The number of nitrogens with zero attached hydrogens (tertiary/aromatic N) is 2. The number of rotatable bonds is 5. The number of carbonyl (C=O) groups is 1. The Bertz CT molecular complexity index is 424. The Morgan fingerprint density at radius 3 is 2.78 bits per heavy atom. The van der Waals surface area contributed by atoms with Crippen molar-refractivity contribution in [3.05, 3.63) is 28.0 Å². The van der Waals surface area contributed by atoms with E-state index in [1.165, 1.54) is 12.3 Å². The summed E-state index contributed by atoms with van der Waals surface area (Å²) in [4.78, 5) is 17.8. The van der Waals surface area contributed by atoms with Crippen LogP contribution in [0.4, 0.5) is 0 Å². The molecule has 0 aromatic carbocycles. The summed E-state index contributed by atoms with van der Waals surface area (Å²) in [6, 6.07) is 1.91. The quantitative estimate of drug-likeness (QED) is 0.847. The molecule has 0 saturated carbocycles. The number of likely N-dealkylation sites (N-methyl/N-ethyl adjacent to an activating group) is 1. The molecule has 1 N–H and O–H groups in total. The highest BCUT2D eigenvalue weighted by atomic mass is 35.5. The van der Waals surface area contributed by atoms with Gasteiger partial charge in [-0.05, 0) is 27.0 Å². The molecular weight excluding hydrogens is 273 g/mol. The van der Waals surface area contributed by atoms with Gasteiger partial charge in [-0.2, -0.15) is 0 Å². The first-order valence-electron chi connectivity index (χ1n) is 5.71. The summed E-state index contributed by atoms with van der Waals surface area (Å²) in [5, 5.41) is 3.35. The van der Waals surface area contributed by atoms with Gasteiger partial charge in [0, 0.05) is 25.3 Å². The van der Waals surface area contributed by atoms with Crippen molar-refractivity contribution in [3.8, 4) is 0 Å². The van der Waals surface area contributed by atoms with Crippen molar-refractivity contribution in [2.45, 2.75) is 19.9 Å². The summed E-state index contributed by atoms with van der Waals surface area (Å²) in [5.41, 5.74) is 0.351. The molecule has 1 amide bonds. The normalized spacial score (nSPS) is 11.1. The van der Waals surface area contributed by atoms with E-state index >= 15 is 0 Å². The summed E-state index contributed by atoms with van der Waals surface area (Å²) < 4.78 is 0. The Morgan fingerprint density at radius 2 is 2.17 bits per heavy atom. The fourth-order valence-electron chi connectivity index (χ4n) is 1.29. The van der Waals surface area contributed by atoms with E-state index in [0.29, 0.717) is 23.2 Å². The number of hydrogen-bond acceptors (Lipinski definition) is 3. The molecule has 0 unspecified atom stereocenters. The summed E-state index contributed by atoms with van der Waals surface area (Å²) in [6.45, 7) is 5.53. The average molecular weight is 290 g/mol. The van der Waals surface area contributed by atoms with Crippen molar-refractivity contribution in [2.24, 2.45) is 0 Å². The Labute approximate surface area is 117 Å². The topological polar surface area (TPSA) is 45.2 Å². The third kappa shape index (κ3) is 4.44. The lowest BCUT2D eigenvalue weighted by molar-refractivity contribution is 0.0948. The zero-order valence-electron chi connectivity index (χ0n) is 10.7. The first-order chi connectivity index (χ1) is 8.41. The van der Waals surface area contributed by atoms with Crippen LogP contribution in [0.2, 0.25) is 10.2 Å². The zero-order valence-corrected chi connectivity index (χ0v) is 12.2. The minimum absolute atomic E-state index is 0.235. The van der Waals surface area contributed by atoms with Crippen LogP contribution in [0.25, 0.3) is 0 Å². The molecule has 0 bridgehead atoms. The van der Waals surface area contributed by atoms with Gasteiger partial charge in [-0.3, -0.25) is 4.79 Å². The lowest BCUT2D eigenvalue weighted by Crippen LogP contribution is -2.36. The maximum absolute atomic E-state index is 11.9. The molecule has 4 nitrogen and oxygen atoms in total. The van der Waals surface area contributed by atoms with Crippen LogP contribution in [0.3, 0.4) is 0 Å². The van der Waals surface area contributed by atoms with Gasteiger partial charge >= 0.3 is 0 Å². The molecule has 100 valence electrons. The highest BCUT2D eigenvalue weighted by Crippen LogP contribution is 2.17. The maximum atomic E-state index is 11.9. The van der Waals surface area contributed by atoms with Crippen LogP contribution < -0.4 is 5.32 Å². The second-order valence-corrected chi connectivity index (χ2v) is 5.11. The fourth-order valence-corrected chi connectivity index (χ4v) is 1.63. The number of amides is 1. The maximum Gasteiger partial charge on any atom is 0.253 e. The van der Waals surface area contributed by atoms with Gasteiger partial charge in [-0.1, -0.05) is 23.2 Å². The van der Waals surface area contributed by atoms with E-state index in [0.717, 1.165) is 6.54 Å². The van der Waals surface area contributed by atoms with Crippen molar-refractivity contribution in [2.75, 3.05) is 20.1 Å². The number of aromatic nitrogens is 1. The molecule has 1 rings (SSSR count). The second kappa shape index (κ2) is 6.92. The van der Waals surface area contributed by atoms with Gasteiger partial charge in [0.1, 0.15) is 5.15 Å². The monoisotopic (exact) mass is 289 g/mol. The van der Waals surface area contributed by atoms with Crippen molar-refractivity contribution in [1.82, 2.24) is 15.2 Å². The predicted molar refractivity (Wildman–Crippen MR) is 74.4 cm³/mol. The molecule has 0 aliphatic carbocycles. The number of nitrogens with one attached hydrogen (secondary N) is 1. The number of pyridine rings is 1. The van der Waals surface area contributed by atoms with E-state index in [1.54, 1.807) is 0 Å². The summed E-state index contributed by atoms with van der Waals surface area (Å²) in [5.74, 6) is -0.235. The molecule has 6 heteroatoms. The number of halogens is 2. The van der Waals surface area contributed by atoms with Crippen LogP contribution in [0.15, 0.2) is 12.3 Å². The lowest BCUT2D eigenvalue weighted by Gasteiger charge is -2.20. The van der Waals surface area contributed by atoms with Crippen molar-refractivity contribution >= 4 is 29.1 Å². The minimum atomic E-state index is -0.235.